The Hall–Kier alpha value is -0.780. The summed E-state index contributed by atoms with van der Waals surface area (Å²) in [4.78, 5) is 15.6. The van der Waals surface area contributed by atoms with E-state index in [0.717, 1.165) is 54.7 Å². The molecule has 6 nitrogen and oxygen atoms in total. The molecule has 9 heteroatoms. The number of aromatic nitrogens is 2. The van der Waals surface area contributed by atoms with Crippen LogP contribution >= 0.6 is 46.7 Å². The van der Waals surface area contributed by atoms with Crippen LogP contribution in [0, 0.1) is 6.92 Å². The van der Waals surface area contributed by atoms with Crippen LogP contribution in [0.25, 0.3) is 0 Å². The molecule has 0 amide bonds. The van der Waals surface area contributed by atoms with Gasteiger partial charge >= 0.3 is 0 Å². The van der Waals surface area contributed by atoms with Crippen LogP contribution in [-0.4, -0.2) is 48.6 Å². The van der Waals surface area contributed by atoms with E-state index in [4.69, 9.17) is 4.74 Å². The maximum absolute atomic E-state index is 5.33. The van der Waals surface area contributed by atoms with Gasteiger partial charge in [0, 0.05) is 44.2 Å². The standard InChI is InChI=1S/C18H29N5OS2.HI/c1-13-11-25-16(21-13)8-6-7-9-20-18(19-3)23(4)10-15-12-26-17(22-15)14(2)24-5;/h11-12,14H,6-10H2,1-5H3,(H,19,20);1H. The third-order valence-electron chi connectivity index (χ3n) is 4.01. The van der Waals surface area contributed by atoms with Gasteiger partial charge in [-0.15, -0.1) is 46.7 Å². The molecule has 0 aliphatic heterocycles. The van der Waals surface area contributed by atoms with Crippen molar-refractivity contribution in [2.75, 3.05) is 27.7 Å². The van der Waals surface area contributed by atoms with Crippen molar-refractivity contribution in [3.63, 3.8) is 0 Å². The van der Waals surface area contributed by atoms with Gasteiger partial charge in [0.15, 0.2) is 5.96 Å². The SMILES string of the molecule is CN=C(NCCCCc1nc(C)cs1)N(C)Cc1csc(C(C)OC)n1.I. The van der Waals surface area contributed by atoms with E-state index in [9.17, 15) is 0 Å². The molecule has 0 aliphatic rings. The lowest BCUT2D eigenvalue weighted by molar-refractivity contribution is 0.119. The summed E-state index contributed by atoms with van der Waals surface area (Å²) >= 11 is 3.39. The Labute approximate surface area is 187 Å². The molecule has 152 valence electrons. The molecule has 0 aliphatic carbocycles. The summed E-state index contributed by atoms with van der Waals surface area (Å²) in [7, 11) is 5.56. The summed E-state index contributed by atoms with van der Waals surface area (Å²) < 4.78 is 5.33. The Kier molecular flexibility index (Phi) is 11.4. The molecule has 2 heterocycles. The number of unbranched alkanes of at least 4 members (excludes halogenated alkanes) is 1. The summed E-state index contributed by atoms with van der Waals surface area (Å²) in [5.74, 6) is 0.893. The number of aliphatic imine (C=N–C) groups is 1. The Balaban J connectivity index is 0.00000364. The quantitative estimate of drug-likeness (QED) is 0.230. The Bertz CT molecular complexity index is 703. The molecule has 1 atom stereocenters. The minimum atomic E-state index is 0. The summed E-state index contributed by atoms with van der Waals surface area (Å²) in [5, 5.41) is 9.87. The van der Waals surface area contributed by atoms with Gasteiger partial charge in [-0.25, -0.2) is 9.97 Å². The number of guanidine groups is 1. The minimum Gasteiger partial charge on any atom is -0.375 e. The van der Waals surface area contributed by atoms with E-state index in [0.29, 0.717) is 0 Å². The van der Waals surface area contributed by atoms with Crippen LogP contribution in [0.4, 0.5) is 0 Å². The molecule has 0 saturated heterocycles. The normalized spacial score (nSPS) is 12.6. The summed E-state index contributed by atoms with van der Waals surface area (Å²) in [6, 6.07) is 0. The molecular formula is C18H30IN5OS2. The second-order valence-electron chi connectivity index (χ2n) is 6.22. The molecule has 0 bridgehead atoms. The highest BCUT2D eigenvalue weighted by Gasteiger charge is 2.12. The number of methoxy groups -OCH3 is 1. The lowest BCUT2D eigenvalue weighted by Crippen LogP contribution is -2.39. The van der Waals surface area contributed by atoms with Gasteiger partial charge in [0.05, 0.1) is 17.2 Å². The third kappa shape index (κ3) is 8.00. The molecule has 1 unspecified atom stereocenters. The number of hydrogen-bond acceptors (Lipinski definition) is 6. The number of aryl methyl sites for hydroxylation is 2. The second kappa shape index (κ2) is 12.6. The third-order valence-corrected chi connectivity index (χ3v) is 6.09. The predicted octanol–water partition coefficient (Wildman–Crippen LogP) is 4.26. The molecule has 2 aromatic rings. The summed E-state index contributed by atoms with van der Waals surface area (Å²) in [6.07, 6.45) is 3.31. The van der Waals surface area contributed by atoms with Gasteiger partial charge in [-0.2, -0.15) is 0 Å². The largest absolute Gasteiger partial charge is 0.375 e. The maximum Gasteiger partial charge on any atom is 0.193 e. The second-order valence-corrected chi connectivity index (χ2v) is 8.06. The molecule has 0 saturated carbocycles. The van der Waals surface area contributed by atoms with Gasteiger partial charge < -0.3 is 15.0 Å². The first-order valence-electron chi connectivity index (χ1n) is 8.83. The van der Waals surface area contributed by atoms with E-state index in [2.05, 4.69) is 35.9 Å². The Morgan fingerprint density at radius 1 is 1.30 bits per heavy atom. The van der Waals surface area contributed by atoms with Crippen LogP contribution < -0.4 is 5.32 Å². The van der Waals surface area contributed by atoms with Crippen LogP contribution in [0.5, 0.6) is 0 Å². The van der Waals surface area contributed by atoms with Gasteiger partial charge in [-0.05, 0) is 33.1 Å². The number of thiazole rings is 2. The first-order chi connectivity index (χ1) is 12.5. The minimum absolute atomic E-state index is 0. The van der Waals surface area contributed by atoms with E-state index in [1.807, 2.05) is 27.9 Å². The van der Waals surface area contributed by atoms with Crippen LogP contribution in [-0.2, 0) is 17.7 Å². The van der Waals surface area contributed by atoms with Crippen LogP contribution in [0.1, 0.15) is 47.3 Å². The van der Waals surface area contributed by atoms with Gasteiger partial charge in [0.2, 0.25) is 0 Å². The van der Waals surface area contributed by atoms with E-state index in [1.54, 1.807) is 29.8 Å². The number of nitrogens with one attached hydrogen (secondary N) is 1. The number of hydrogen-bond donors (Lipinski definition) is 1. The molecule has 27 heavy (non-hydrogen) atoms. The van der Waals surface area contributed by atoms with Gasteiger partial charge in [0.1, 0.15) is 11.1 Å². The van der Waals surface area contributed by atoms with Crippen molar-refractivity contribution in [2.45, 2.75) is 45.8 Å². The Morgan fingerprint density at radius 2 is 2.07 bits per heavy atom. The highest BCUT2D eigenvalue weighted by molar-refractivity contribution is 14.0. The zero-order valence-electron chi connectivity index (χ0n) is 16.7. The molecule has 0 aromatic carbocycles. The van der Waals surface area contributed by atoms with E-state index < -0.39 is 0 Å². The topological polar surface area (TPSA) is 62.6 Å². The lowest BCUT2D eigenvalue weighted by Gasteiger charge is -2.21. The highest BCUT2D eigenvalue weighted by atomic mass is 127. The van der Waals surface area contributed by atoms with Gasteiger partial charge in [-0.3, -0.25) is 4.99 Å². The molecule has 0 spiro atoms. The fourth-order valence-corrected chi connectivity index (χ4v) is 4.16. The number of halogens is 1. The van der Waals surface area contributed by atoms with Crippen molar-refractivity contribution in [1.82, 2.24) is 20.2 Å². The smallest absolute Gasteiger partial charge is 0.193 e. The molecular weight excluding hydrogens is 493 g/mol. The Morgan fingerprint density at radius 3 is 2.70 bits per heavy atom. The average Bonchev–Trinajstić information content (AvgIpc) is 3.26. The van der Waals surface area contributed by atoms with Crippen molar-refractivity contribution in [2.24, 2.45) is 4.99 Å². The zero-order valence-corrected chi connectivity index (χ0v) is 20.7. The van der Waals surface area contributed by atoms with Crippen molar-refractivity contribution in [1.29, 1.82) is 0 Å². The van der Waals surface area contributed by atoms with Crippen molar-refractivity contribution in [3.05, 3.63) is 32.2 Å². The molecule has 1 N–H and O–H groups in total. The van der Waals surface area contributed by atoms with Gasteiger partial charge in [0.25, 0.3) is 0 Å². The number of ether oxygens (including phenoxy) is 1. The predicted molar refractivity (Wildman–Crippen MR) is 126 cm³/mol. The fourth-order valence-electron chi connectivity index (χ4n) is 2.50. The molecule has 0 radical (unpaired) electrons. The average molecular weight is 524 g/mol. The van der Waals surface area contributed by atoms with Crippen LogP contribution in [0.2, 0.25) is 0 Å². The first kappa shape index (κ1) is 24.3. The first-order valence-corrected chi connectivity index (χ1v) is 10.6. The monoisotopic (exact) mass is 523 g/mol. The van der Waals surface area contributed by atoms with Gasteiger partial charge in [-0.1, -0.05) is 0 Å². The molecule has 2 rings (SSSR count). The maximum atomic E-state index is 5.33. The van der Waals surface area contributed by atoms with Crippen LogP contribution in [0.3, 0.4) is 0 Å². The zero-order chi connectivity index (χ0) is 18.9. The lowest BCUT2D eigenvalue weighted by atomic mass is 10.2. The highest BCUT2D eigenvalue weighted by Crippen LogP contribution is 2.20. The van der Waals surface area contributed by atoms with E-state index in [1.165, 1.54) is 5.01 Å². The van der Waals surface area contributed by atoms with Crippen molar-refractivity contribution >= 4 is 52.6 Å². The van der Waals surface area contributed by atoms with E-state index >= 15 is 0 Å². The van der Waals surface area contributed by atoms with E-state index in [-0.39, 0.29) is 30.1 Å². The fraction of sp³-hybridized carbons (Fsp3) is 0.611. The summed E-state index contributed by atoms with van der Waals surface area (Å²) in [6.45, 7) is 5.69. The summed E-state index contributed by atoms with van der Waals surface area (Å²) in [5.41, 5.74) is 2.16. The van der Waals surface area contributed by atoms with Crippen molar-refractivity contribution in [3.8, 4) is 0 Å². The van der Waals surface area contributed by atoms with Crippen LogP contribution in [0.15, 0.2) is 15.8 Å². The number of rotatable bonds is 9. The molecule has 0 fully saturated rings. The number of nitrogens with zero attached hydrogens (tertiary/aromatic N) is 4. The van der Waals surface area contributed by atoms with Crippen molar-refractivity contribution < 1.29 is 4.74 Å². The molecule has 2 aromatic heterocycles.